The third-order valence-corrected chi connectivity index (χ3v) is 2.06. The SMILES string of the molecule is O=Cc1ccc(OCCn2ccnc2)cn1. The lowest BCUT2D eigenvalue weighted by Gasteiger charge is -2.05. The Balaban J connectivity index is 1.83. The van der Waals surface area contributed by atoms with Gasteiger partial charge in [-0.25, -0.2) is 9.97 Å². The largest absolute Gasteiger partial charge is 0.490 e. The van der Waals surface area contributed by atoms with Gasteiger partial charge >= 0.3 is 0 Å². The number of nitrogens with zero attached hydrogens (tertiary/aromatic N) is 3. The number of aldehydes is 1. The summed E-state index contributed by atoms with van der Waals surface area (Å²) in [6.07, 6.45) is 7.57. The molecule has 5 heteroatoms. The van der Waals surface area contributed by atoms with Crippen molar-refractivity contribution in [3.8, 4) is 5.75 Å². The number of imidazole rings is 1. The molecule has 16 heavy (non-hydrogen) atoms. The maximum absolute atomic E-state index is 10.4. The van der Waals surface area contributed by atoms with Crippen LogP contribution in [0, 0.1) is 0 Å². The van der Waals surface area contributed by atoms with E-state index < -0.39 is 0 Å². The van der Waals surface area contributed by atoms with Gasteiger partial charge in [0, 0.05) is 12.4 Å². The molecule has 2 aromatic heterocycles. The summed E-state index contributed by atoms with van der Waals surface area (Å²) in [4.78, 5) is 18.2. The molecule has 0 amide bonds. The Labute approximate surface area is 92.7 Å². The van der Waals surface area contributed by atoms with E-state index >= 15 is 0 Å². The first-order valence-corrected chi connectivity index (χ1v) is 4.88. The fourth-order valence-electron chi connectivity index (χ4n) is 1.23. The Morgan fingerprint density at radius 3 is 3.00 bits per heavy atom. The van der Waals surface area contributed by atoms with Crippen LogP contribution >= 0.6 is 0 Å². The summed E-state index contributed by atoms with van der Waals surface area (Å²) in [5.41, 5.74) is 0.405. The monoisotopic (exact) mass is 217 g/mol. The van der Waals surface area contributed by atoms with E-state index in [0.29, 0.717) is 24.3 Å². The van der Waals surface area contributed by atoms with Crippen molar-refractivity contribution in [2.45, 2.75) is 6.54 Å². The van der Waals surface area contributed by atoms with Crippen molar-refractivity contribution in [1.29, 1.82) is 0 Å². The first kappa shape index (κ1) is 10.4. The van der Waals surface area contributed by atoms with Crippen LogP contribution in [0.2, 0.25) is 0 Å². The molecule has 0 atom stereocenters. The van der Waals surface area contributed by atoms with Gasteiger partial charge in [0.25, 0.3) is 0 Å². The van der Waals surface area contributed by atoms with Crippen molar-refractivity contribution in [2.24, 2.45) is 0 Å². The summed E-state index contributed by atoms with van der Waals surface area (Å²) >= 11 is 0. The fraction of sp³-hybridized carbons (Fsp3) is 0.182. The minimum atomic E-state index is 0.405. The molecule has 0 saturated heterocycles. The molecule has 2 heterocycles. The van der Waals surface area contributed by atoms with Gasteiger partial charge in [0.15, 0.2) is 6.29 Å². The highest BCUT2D eigenvalue weighted by Crippen LogP contribution is 2.08. The van der Waals surface area contributed by atoms with Crippen LogP contribution in [0.4, 0.5) is 0 Å². The van der Waals surface area contributed by atoms with E-state index in [0.717, 1.165) is 6.54 Å². The van der Waals surface area contributed by atoms with E-state index in [1.807, 2.05) is 10.8 Å². The first-order valence-electron chi connectivity index (χ1n) is 4.88. The van der Waals surface area contributed by atoms with Gasteiger partial charge in [-0.1, -0.05) is 0 Å². The van der Waals surface area contributed by atoms with Gasteiger partial charge in [0.05, 0.1) is 19.1 Å². The second-order valence-corrected chi connectivity index (χ2v) is 3.19. The van der Waals surface area contributed by atoms with Gasteiger partial charge < -0.3 is 9.30 Å². The number of rotatable bonds is 5. The second-order valence-electron chi connectivity index (χ2n) is 3.19. The lowest BCUT2D eigenvalue weighted by atomic mass is 10.4. The van der Waals surface area contributed by atoms with Gasteiger partial charge in [0.2, 0.25) is 0 Å². The maximum atomic E-state index is 10.4. The number of aromatic nitrogens is 3. The summed E-state index contributed by atoms with van der Waals surface area (Å²) in [6, 6.07) is 3.35. The molecule has 0 unspecified atom stereocenters. The van der Waals surface area contributed by atoms with Crippen LogP contribution in [-0.2, 0) is 6.54 Å². The number of hydrogen-bond donors (Lipinski definition) is 0. The Kier molecular flexibility index (Phi) is 3.28. The van der Waals surface area contributed by atoms with Gasteiger partial charge in [-0.15, -0.1) is 0 Å². The van der Waals surface area contributed by atoms with Crippen LogP contribution in [0.25, 0.3) is 0 Å². The summed E-state index contributed by atoms with van der Waals surface area (Å²) in [5.74, 6) is 0.658. The number of ether oxygens (including phenoxy) is 1. The average molecular weight is 217 g/mol. The van der Waals surface area contributed by atoms with E-state index in [1.165, 1.54) is 6.20 Å². The quantitative estimate of drug-likeness (QED) is 0.705. The number of pyridine rings is 1. The Bertz CT molecular complexity index is 437. The predicted octanol–water partition coefficient (Wildman–Crippen LogP) is 1.17. The fourth-order valence-corrected chi connectivity index (χ4v) is 1.23. The van der Waals surface area contributed by atoms with Crippen molar-refractivity contribution in [2.75, 3.05) is 6.61 Å². The molecule has 0 fully saturated rings. The minimum absolute atomic E-state index is 0.405. The first-order chi connectivity index (χ1) is 7.88. The number of carbonyl (C=O) groups is 1. The molecular formula is C11H11N3O2. The van der Waals surface area contributed by atoms with Crippen LogP contribution in [0.3, 0.4) is 0 Å². The summed E-state index contributed by atoms with van der Waals surface area (Å²) in [7, 11) is 0. The Morgan fingerprint density at radius 1 is 1.44 bits per heavy atom. The minimum Gasteiger partial charge on any atom is -0.490 e. The molecule has 0 aliphatic carbocycles. The molecule has 2 aromatic rings. The number of hydrogen-bond acceptors (Lipinski definition) is 4. The highest BCUT2D eigenvalue weighted by atomic mass is 16.5. The number of carbonyl (C=O) groups excluding carboxylic acids is 1. The van der Waals surface area contributed by atoms with E-state index in [1.54, 1.807) is 24.7 Å². The van der Waals surface area contributed by atoms with Crippen LogP contribution in [0.5, 0.6) is 5.75 Å². The molecule has 0 bridgehead atoms. The summed E-state index contributed by atoms with van der Waals surface area (Å²) < 4.78 is 7.38. The molecule has 0 radical (unpaired) electrons. The van der Waals surface area contributed by atoms with Crippen molar-refractivity contribution in [3.05, 3.63) is 42.7 Å². The normalized spacial score (nSPS) is 10.0. The maximum Gasteiger partial charge on any atom is 0.168 e. The van der Waals surface area contributed by atoms with Gasteiger partial charge in [-0.05, 0) is 12.1 Å². The third kappa shape index (κ3) is 2.66. The zero-order chi connectivity index (χ0) is 11.2. The van der Waals surface area contributed by atoms with E-state index in [4.69, 9.17) is 4.74 Å². The standard InChI is InChI=1S/C11H11N3O2/c15-8-10-1-2-11(7-13-10)16-6-5-14-4-3-12-9-14/h1-4,7-9H,5-6H2. The topological polar surface area (TPSA) is 57.0 Å². The van der Waals surface area contributed by atoms with Crippen molar-refractivity contribution >= 4 is 6.29 Å². The van der Waals surface area contributed by atoms with Gasteiger partial charge in [-0.2, -0.15) is 0 Å². The summed E-state index contributed by atoms with van der Waals surface area (Å²) in [6.45, 7) is 1.27. The van der Waals surface area contributed by atoms with E-state index in [-0.39, 0.29) is 0 Å². The van der Waals surface area contributed by atoms with Crippen LogP contribution < -0.4 is 4.74 Å². The zero-order valence-electron chi connectivity index (χ0n) is 8.61. The molecule has 0 saturated carbocycles. The smallest absolute Gasteiger partial charge is 0.168 e. The highest BCUT2D eigenvalue weighted by Gasteiger charge is 1.96. The molecule has 2 rings (SSSR count). The van der Waals surface area contributed by atoms with Crippen molar-refractivity contribution in [1.82, 2.24) is 14.5 Å². The van der Waals surface area contributed by atoms with E-state index in [9.17, 15) is 4.79 Å². The van der Waals surface area contributed by atoms with Crippen LogP contribution in [-0.4, -0.2) is 27.4 Å². The van der Waals surface area contributed by atoms with Crippen molar-refractivity contribution < 1.29 is 9.53 Å². The second kappa shape index (κ2) is 5.06. The van der Waals surface area contributed by atoms with Crippen LogP contribution in [0.1, 0.15) is 10.5 Å². The molecule has 0 aromatic carbocycles. The Morgan fingerprint density at radius 2 is 2.38 bits per heavy atom. The molecular weight excluding hydrogens is 206 g/mol. The molecule has 0 aliphatic rings. The lowest BCUT2D eigenvalue weighted by Crippen LogP contribution is -2.06. The molecule has 0 spiro atoms. The van der Waals surface area contributed by atoms with Crippen LogP contribution in [0.15, 0.2) is 37.1 Å². The predicted molar refractivity (Wildman–Crippen MR) is 57.3 cm³/mol. The summed E-state index contributed by atoms with van der Waals surface area (Å²) in [5, 5.41) is 0. The Hall–Kier alpha value is -2.17. The molecule has 0 N–H and O–H groups in total. The lowest BCUT2D eigenvalue weighted by molar-refractivity contribution is 0.111. The van der Waals surface area contributed by atoms with Gasteiger partial charge in [0.1, 0.15) is 18.1 Å². The molecule has 82 valence electrons. The van der Waals surface area contributed by atoms with E-state index in [2.05, 4.69) is 9.97 Å². The highest BCUT2D eigenvalue weighted by molar-refractivity contribution is 5.71. The zero-order valence-corrected chi connectivity index (χ0v) is 8.61. The molecule has 5 nitrogen and oxygen atoms in total. The average Bonchev–Trinajstić information content (AvgIpc) is 2.83. The third-order valence-electron chi connectivity index (χ3n) is 2.06. The van der Waals surface area contributed by atoms with Gasteiger partial charge in [-0.3, -0.25) is 4.79 Å². The molecule has 0 aliphatic heterocycles. The van der Waals surface area contributed by atoms with Crippen molar-refractivity contribution in [3.63, 3.8) is 0 Å².